The maximum absolute atomic E-state index is 13.8. The van der Waals surface area contributed by atoms with Gasteiger partial charge in [-0.05, 0) is 6.42 Å². The SMILES string of the molecule is O=C1C[C@H](O)[C@H](O)[C@@H]2[C@H]1C[C@@]13SS[C@]4(C[C@H]5[C@@H]([C@@H](O)C=C[C@@H]5O)N4C1=O)C(=O)N23. The molecule has 2 spiro atoms. The van der Waals surface area contributed by atoms with Gasteiger partial charge in [0.25, 0.3) is 11.8 Å². The molecule has 10 atom stereocenters. The third-order valence-corrected chi connectivity index (χ3v) is 11.1. The minimum Gasteiger partial charge on any atom is -0.390 e. The number of amides is 2. The summed E-state index contributed by atoms with van der Waals surface area (Å²) in [6.07, 6.45) is -1.42. The van der Waals surface area contributed by atoms with Gasteiger partial charge in [0.1, 0.15) is 11.9 Å². The van der Waals surface area contributed by atoms with Crippen molar-refractivity contribution in [2.45, 2.75) is 65.5 Å². The normalized spacial score (nSPS) is 55.1. The van der Waals surface area contributed by atoms with E-state index in [4.69, 9.17) is 0 Å². The van der Waals surface area contributed by atoms with E-state index in [0.29, 0.717) is 0 Å². The summed E-state index contributed by atoms with van der Waals surface area (Å²) in [6, 6.07) is -1.65. The fraction of sp³-hybridized carbons (Fsp3) is 0.722. The van der Waals surface area contributed by atoms with Crippen molar-refractivity contribution in [3.05, 3.63) is 12.2 Å². The summed E-state index contributed by atoms with van der Waals surface area (Å²) in [5.41, 5.74) is 0. The molecular weight excluding hydrogens is 420 g/mol. The van der Waals surface area contributed by atoms with Gasteiger partial charge >= 0.3 is 0 Å². The van der Waals surface area contributed by atoms with Crippen molar-refractivity contribution < 1.29 is 34.8 Å². The molecule has 5 aliphatic heterocycles. The van der Waals surface area contributed by atoms with Crippen molar-refractivity contribution >= 4 is 39.2 Å². The Kier molecular flexibility index (Phi) is 3.58. The molecule has 7 rings (SSSR count). The van der Waals surface area contributed by atoms with Crippen molar-refractivity contribution in [2.24, 2.45) is 11.8 Å². The van der Waals surface area contributed by atoms with Crippen molar-refractivity contribution in [1.29, 1.82) is 0 Å². The van der Waals surface area contributed by atoms with E-state index in [0.717, 1.165) is 0 Å². The molecule has 7 aliphatic rings. The maximum Gasteiger partial charge on any atom is 0.261 e. The van der Waals surface area contributed by atoms with E-state index >= 15 is 0 Å². The summed E-state index contributed by atoms with van der Waals surface area (Å²) >= 11 is 0. The lowest BCUT2D eigenvalue weighted by atomic mass is 9.80. The topological polar surface area (TPSA) is 139 Å². The highest BCUT2D eigenvalue weighted by Gasteiger charge is 2.79. The van der Waals surface area contributed by atoms with Crippen LogP contribution in [0.4, 0.5) is 0 Å². The second kappa shape index (κ2) is 5.57. The summed E-state index contributed by atoms with van der Waals surface area (Å²) in [5, 5.41) is 41.8. The summed E-state index contributed by atoms with van der Waals surface area (Å²) in [5.74, 6) is -2.19. The van der Waals surface area contributed by atoms with Crippen molar-refractivity contribution in [3.8, 4) is 0 Å². The van der Waals surface area contributed by atoms with Crippen LogP contribution in [-0.4, -0.2) is 94.1 Å². The molecule has 5 heterocycles. The maximum atomic E-state index is 13.8. The zero-order valence-corrected chi connectivity index (χ0v) is 16.8. The van der Waals surface area contributed by atoms with Crippen LogP contribution in [0.2, 0.25) is 0 Å². The van der Waals surface area contributed by atoms with Gasteiger partial charge in [0.05, 0.1) is 30.4 Å². The van der Waals surface area contributed by atoms with E-state index in [-0.39, 0.29) is 36.9 Å². The van der Waals surface area contributed by atoms with Crippen LogP contribution in [-0.2, 0) is 14.4 Å². The lowest BCUT2D eigenvalue weighted by Gasteiger charge is -2.59. The van der Waals surface area contributed by atoms with E-state index in [1.54, 1.807) is 0 Å². The lowest BCUT2D eigenvalue weighted by Crippen LogP contribution is -2.77. The van der Waals surface area contributed by atoms with E-state index in [1.807, 2.05) is 0 Å². The third kappa shape index (κ3) is 1.93. The first-order chi connectivity index (χ1) is 13.7. The average Bonchev–Trinajstić information content (AvgIpc) is 3.23. The Hall–Kier alpha value is -1.11. The first kappa shape index (κ1) is 18.6. The number of aliphatic hydroxyl groups is 4. The van der Waals surface area contributed by atoms with Crippen LogP contribution in [0.3, 0.4) is 0 Å². The standard InChI is InChI=1S/C18H20N2O7S2/c21-8-1-2-9(22)12-6(8)4-17-16(27)20-13-7(10(23)3-11(24)14(13)25)5-18(20,29-28-17)15(26)19(12)17/h1-2,6-9,11-14,21-22,24-25H,3-5H2/t6-,7+,8+,9+,11+,12+,13+,14+,17-,18-/m1/s1. The number of hydrogen-bond acceptors (Lipinski definition) is 9. The molecule has 0 radical (unpaired) electrons. The molecular formula is C18H20N2O7S2. The van der Waals surface area contributed by atoms with E-state index in [9.17, 15) is 34.8 Å². The van der Waals surface area contributed by atoms with Crippen molar-refractivity contribution in [3.63, 3.8) is 0 Å². The van der Waals surface area contributed by atoms with Gasteiger partial charge in [-0.3, -0.25) is 14.4 Å². The fourth-order valence-electron chi connectivity index (χ4n) is 6.24. The van der Waals surface area contributed by atoms with Crippen molar-refractivity contribution in [2.75, 3.05) is 0 Å². The third-order valence-electron chi connectivity index (χ3n) is 7.52. The zero-order valence-electron chi connectivity index (χ0n) is 15.1. The Morgan fingerprint density at radius 3 is 2.14 bits per heavy atom. The van der Waals surface area contributed by atoms with Crippen LogP contribution in [0.15, 0.2) is 12.2 Å². The van der Waals surface area contributed by atoms with E-state index < -0.39 is 58.1 Å². The van der Waals surface area contributed by atoms with Crippen LogP contribution in [0.5, 0.6) is 0 Å². The molecule has 5 saturated heterocycles. The van der Waals surface area contributed by atoms with Crippen LogP contribution in [0.25, 0.3) is 0 Å². The Morgan fingerprint density at radius 1 is 0.862 bits per heavy atom. The molecule has 4 N–H and O–H groups in total. The molecule has 2 amide bonds. The smallest absolute Gasteiger partial charge is 0.261 e. The van der Waals surface area contributed by atoms with Crippen LogP contribution in [0, 0.1) is 11.8 Å². The van der Waals surface area contributed by atoms with Gasteiger partial charge in [-0.2, -0.15) is 0 Å². The van der Waals surface area contributed by atoms with E-state index in [1.165, 1.54) is 43.5 Å². The van der Waals surface area contributed by atoms with Crippen LogP contribution < -0.4 is 0 Å². The first-order valence-electron chi connectivity index (χ1n) is 9.70. The summed E-state index contributed by atoms with van der Waals surface area (Å²) < 4.78 is 0. The average molecular weight is 440 g/mol. The number of nitrogens with zero attached hydrogens (tertiary/aromatic N) is 2. The Labute approximate surface area is 173 Å². The molecule has 11 heteroatoms. The molecule has 0 aromatic carbocycles. The number of ketones is 1. The summed E-state index contributed by atoms with van der Waals surface area (Å²) in [4.78, 5) is 40.3. The Bertz CT molecular complexity index is 884. The molecule has 29 heavy (non-hydrogen) atoms. The monoisotopic (exact) mass is 440 g/mol. The predicted octanol–water partition coefficient (Wildman–Crippen LogP) is -1.79. The number of carbonyl (C=O) groups is 3. The highest BCUT2D eigenvalue weighted by molar-refractivity contribution is 8.78. The second-order valence-electron chi connectivity index (χ2n) is 8.84. The molecule has 156 valence electrons. The van der Waals surface area contributed by atoms with Gasteiger partial charge in [-0.1, -0.05) is 33.7 Å². The largest absolute Gasteiger partial charge is 0.390 e. The van der Waals surface area contributed by atoms with Gasteiger partial charge in [-0.15, -0.1) is 0 Å². The molecule has 6 fully saturated rings. The molecule has 0 aromatic rings. The quantitative estimate of drug-likeness (QED) is 0.254. The summed E-state index contributed by atoms with van der Waals surface area (Å²) in [7, 11) is 2.49. The van der Waals surface area contributed by atoms with Gasteiger partial charge < -0.3 is 30.2 Å². The number of carbonyl (C=O) groups excluding carboxylic acids is 3. The molecule has 2 aliphatic carbocycles. The number of hydrogen-bond donors (Lipinski definition) is 4. The van der Waals surface area contributed by atoms with Gasteiger partial charge in [0.2, 0.25) is 0 Å². The number of Topliss-reactive ketones (excluding diaryl/α,β-unsaturated/α-hetero) is 1. The van der Waals surface area contributed by atoms with Gasteiger partial charge in [0.15, 0.2) is 9.74 Å². The molecule has 1 saturated carbocycles. The Morgan fingerprint density at radius 2 is 1.45 bits per heavy atom. The van der Waals surface area contributed by atoms with Gasteiger partial charge in [-0.25, -0.2) is 0 Å². The van der Waals surface area contributed by atoms with Gasteiger partial charge in [0, 0.05) is 24.7 Å². The molecule has 2 bridgehead atoms. The lowest BCUT2D eigenvalue weighted by molar-refractivity contribution is -0.173. The predicted molar refractivity (Wildman–Crippen MR) is 101 cm³/mol. The first-order valence-corrected chi connectivity index (χ1v) is 11.9. The van der Waals surface area contributed by atoms with E-state index in [2.05, 4.69) is 0 Å². The number of fused-ring (bicyclic) bond motifs is 3. The van der Waals surface area contributed by atoms with Crippen molar-refractivity contribution in [1.82, 2.24) is 9.80 Å². The zero-order chi connectivity index (χ0) is 20.5. The second-order valence-corrected chi connectivity index (χ2v) is 11.5. The highest BCUT2D eigenvalue weighted by atomic mass is 33.1. The summed E-state index contributed by atoms with van der Waals surface area (Å²) in [6.45, 7) is 0. The highest BCUT2D eigenvalue weighted by Crippen LogP contribution is 2.70. The minimum atomic E-state index is -1.35. The number of piperazine rings is 1. The molecule has 0 aromatic heterocycles. The Balaban J connectivity index is 1.50. The fourth-order valence-corrected chi connectivity index (χ4v) is 10.1. The minimum absolute atomic E-state index is 0.0843. The molecule has 0 unspecified atom stereocenters. The number of aliphatic hydroxyl groups excluding tert-OH is 4. The number of rotatable bonds is 0. The van der Waals surface area contributed by atoms with Crippen LogP contribution >= 0.6 is 21.6 Å². The van der Waals surface area contributed by atoms with Crippen LogP contribution in [0.1, 0.15) is 19.3 Å². The molecule has 9 nitrogen and oxygen atoms in total.